The first-order valence-corrected chi connectivity index (χ1v) is 8.29. The molecule has 1 saturated carbocycles. The van der Waals surface area contributed by atoms with E-state index in [2.05, 4.69) is 0 Å². The van der Waals surface area contributed by atoms with Crippen LogP contribution in [0.4, 0.5) is 0 Å². The van der Waals surface area contributed by atoms with E-state index in [1.165, 1.54) is 14.2 Å². The summed E-state index contributed by atoms with van der Waals surface area (Å²) in [5, 5.41) is 10.0. The monoisotopic (exact) mass is 358 g/mol. The van der Waals surface area contributed by atoms with Crippen LogP contribution in [0.15, 0.2) is 12.1 Å². The van der Waals surface area contributed by atoms with E-state index in [0.717, 1.165) is 0 Å². The van der Waals surface area contributed by atoms with Gasteiger partial charge in [0.15, 0.2) is 0 Å². The highest BCUT2D eigenvalue weighted by Crippen LogP contribution is 2.41. The van der Waals surface area contributed by atoms with E-state index >= 15 is 0 Å². The minimum atomic E-state index is -1.28. The predicted molar refractivity (Wildman–Crippen MR) is 89.4 cm³/mol. The lowest BCUT2D eigenvalue weighted by atomic mass is 9.83. The van der Waals surface area contributed by atoms with E-state index in [4.69, 9.17) is 30.5 Å². The third-order valence-electron chi connectivity index (χ3n) is 4.26. The zero-order valence-electron chi connectivity index (χ0n) is 14.1. The number of benzene rings is 1. The van der Waals surface area contributed by atoms with Gasteiger partial charge in [0.2, 0.25) is 5.60 Å². The lowest BCUT2D eigenvalue weighted by Gasteiger charge is -2.37. The molecule has 2 rings (SSSR count). The molecule has 0 saturated heterocycles. The van der Waals surface area contributed by atoms with Crippen molar-refractivity contribution < 1.29 is 28.8 Å². The molecule has 0 radical (unpaired) electrons. The van der Waals surface area contributed by atoms with Gasteiger partial charge in [0.05, 0.1) is 20.3 Å². The topological polar surface area (TPSA) is 74.2 Å². The number of carboxylic acid groups (broad SMARTS) is 1. The summed E-state index contributed by atoms with van der Waals surface area (Å²) in [6, 6.07) is 3.15. The fraction of sp³-hybridized carbons (Fsp3) is 0.588. The van der Waals surface area contributed by atoms with Gasteiger partial charge in [-0.25, -0.2) is 4.79 Å². The van der Waals surface area contributed by atoms with Gasteiger partial charge in [-0.3, -0.25) is 0 Å². The second-order valence-corrected chi connectivity index (χ2v) is 6.08. The number of halogens is 1. The highest BCUT2D eigenvalue weighted by molar-refractivity contribution is 6.33. The van der Waals surface area contributed by atoms with Gasteiger partial charge in [0.1, 0.15) is 22.3 Å². The number of carbonyl (C=O) groups is 1. The molecule has 0 atom stereocenters. The van der Waals surface area contributed by atoms with Gasteiger partial charge >= 0.3 is 5.97 Å². The van der Waals surface area contributed by atoms with Crippen molar-refractivity contribution in [1.82, 2.24) is 0 Å². The van der Waals surface area contributed by atoms with Crippen LogP contribution in [0.1, 0.15) is 32.6 Å². The Morgan fingerprint density at radius 3 is 2.21 bits per heavy atom. The summed E-state index contributed by atoms with van der Waals surface area (Å²) in [4.78, 5) is 11.9. The average Bonchev–Trinajstić information content (AvgIpc) is 2.58. The quantitative estimate of drug-likeness (QED) is 0.803. The molecule has 1 aliphatic carbocycles. The Hall–Kier alpha value is -1.66. The molecule has 0 aliphatic heterocycles. The molecular formula is C17H23ClO6. The molecule has 0 spiro atoms. The second-order valence-electron chi connectivity index (χ2n) is 5.70. The Balaban J connectivity index is 2.24. The van der Waals surface area contributed by atoms with Gasteiger partial charge in [-0.2, -0.15) is 0 Å². The van der Waals surface area contributed by atoms with Crippen molar-refractivity contribution >= 4 is 17.6 Å². The number of ether oxygens (including phenoxy) is 4. The molecular weight excluding hydrogens is 336 g/mol. The number of rotatable bonds is 7. The molecule has 6 nitrogen and oxygen atoms in total. The molecule has 1 fully saturated rings. The van der Waals surface area contributed by atoms with Gasteiger partial charge in [-0.15, -0.1) is 0 Å². The molecule has 1 aromatic carbocycles. The standard InChI is InChI=1S/C17H23ClO6/c1-4-23-11-5-7-17(8-6-11,16(19)20)24-12-9-13(21-2)15(18)14(10-12)22-3/h9-11H,4-8H2,1-3H3,(H,19,20). The summed E-state index contributed by atoms with van der Waals surface area (Å²) in [7, 11) is 2.95. The SMILES string of the molecule is CCOC1CCC(Oc2cc(OC)c(Cl)c(OC)c2)(C(=O)O)CC1. The number of hydrogen-bond donors (Lipinski definition) is 1. The van der Waals surface area contributed by atoms with Crippen LogP contribution in [0.5, 0.6) is 17.2 Å². The Morgan fingerprint density at radius 2 is 1.79 bits per heavy atom. The molecule has 7 heteroatoms. The highest BCUT2D eigenvalue weighted by atomic mass is 35.5. The van der Waals surface area contributed by atoms with E-state index < -0.39 is 11.6 Å². The summed E-state index contributed by atoms with van der Waals surface area (Å²) in [5.74, 6) is 0.111. The third-order valence-corrected chi connectivity index (χ3v) is 4.64. The molecule has 0 aromatic heterocycles. The summed E-state index contributed by atoms with van der Waals surface area (Å²) >= 11 is 6.14. The van der Waals surface area contributed by atoms with Crippen molar-refractivity contribution in [3.05, 3.63) is 17.2 Å². The van der Waals surface area contributed by atoms with Crippen LogP contribution < -0.4 is 14.2 Å². The predicted octanol–water partition coefficient (Wildman–Crippen LogP) is 3.54. The van der Waals surface area contributed by atoms with Crippen molar-refractivity contribution in [3.8, 4) is 17.2 Å². The van der Waals surface area contributed by atoms with E-state index in [9.17, 15) is 9.90 Å². The van der Waals surface area contributed by atoms with Gasteiger partial charge in [-0.1, -0.05) is 11.6 Å². The maximum atomic E-state index is 11.9. The Morgan fingerprint density at radius 1 is 1.25 bits per heavy atom. The third kappa shape index (κ3) is 3.87. The first kappa shape index (κ1) is 18.7. The zero-order chi connectivity index (χ0) is 17.7. The van der Waals surface area contributed by atoms with Gasteiger partial charge in [0.25, 0.3) is 0 Å². The van der Waals surface area contributed by atoms with E-state index in [1.807, 2.05) is 6.92 Å². The number of methoxy groups -OCH3 is 2. The average molecular weight is 359 g/mol. The molecule has 0 unspecified atom stereocenters. The van der Waals surface area contributed by atoms with E-state index in [0.29, 0.717) is 54.6 Å². The maximum Gasteiger partial charge on any atom is 0.348 e. The molecule has 1 aliphatic rings. The number of carboxylic acids is 1. The smallest absolute Gasteiger partial charge is 0.348 e. The maximum absolute atomic E-state index is 11.9. The summed E-state index contributed by atoms with van der Waals surface area (Å²) in [6.45, 7) is 2.55. The highest BCUT2D eigenvalue weighted by Gasteiger charge is 2.45. The lowest BCUT2D eigenvalue weighted by Crippen LogP contribution is -2.48. The number of aliphatic carboxylic acids is 1. The van der Waals surface area contributed by atoms with Gasteiger partial charge < -0.3 is 24.1 Å². The number of hydrogen-bond acceptors (Lipinski definition) is 5. The van der Waals surface area contributed by atoms with Crippen molar-refractivity contribution in [3.63, 3.8) is 0 Å². The van der Waals surface area contributed by atoms with E-state index in [1.54, 1.807) is 12.1 Å². The first-order valence-electron chi connectivity index (χ1n) is 7.91. The molecule has 24 heavy (non-hydrogen) atoms. The second kappa shape index (κ2) is 7.94. The minimum absolute atomic E-state index is 0.0837. The Labute approximate surface area is 146 Å². The molecule has 0 heterocycles. The van der Waals surface area contributed by atoms with Crippen LogP contribution >= 0.6 is 11.6 Å². The van der Waals surface area contributed by atoms with Crippen molar-refractivity contribution in [1.29, 1.82) is 0 Å². The van der Waals surface area contributed by atoms with Crippen LogP contribution in [0.2, 0.25) is 5.02 Å². The van der Waals surface area contributed by atoms with Crippen molar-refractivity contribution in [2.75, 3.05) is 20.8 Å². The fourth-order valence-electron chi connectivity index (χ4n) is 2.95. The largest absolute Gasteiger partial charge is 0.495 e. The van der Waals surface area contributed by atoms with Crippen molar-refractivity contribution in [2.45, 2.75) is 44.3 Å². The first-order chi connectivity index (χ1) is 11.5. The minimum Gasteiger partial charge on any atom is -0.495 e. The summed E-state index contributed by atoms with van der Waals surface area (Å²) in [6.07, 6.45) is 2.12. The lowest BCUT2D eigenvalue weighted by molar-refractivity contribution is -0.161. The molecule has 134 valence electrons. The van der Waals surface area contributed by atoms with Crippen LogP contribution in [-0.2, 0) is 9.53 Å². The Bertz CT molecular complexity index is 555. The Kier molecular flexibility index (Phi) is 6.18. The van der Waals surface area contributed by atoms with Crippen molar-refractivity contribution in [2.24, 2.45) is 0 Å². The molecule has 1 aromatic rings. The van der Waals surface area contributed by atoms with Gasteiger partial charge in [-0.05, 0) is 19.8 Å². The van der Waals surface area contributed by atoms with Crippen LogP contribution in [0.25, 0.3) is 0 Å². The van der Waals surface area contributed by atoms with Crippen LogP contribution in [0.3, 0.4) is 0 Å². The molecule has 0 bridgehead atoms. The fourth-order valence-corrected chi connectivity index (χ4v) is 3.21. The molecule has 0 amide bonds. The molecule has 1 N–H and O–H groups in total. The van der Waals surface area contributed by atoms with Gasteiger partial charge in [0, 0.05) is 31.6 Å². The van der Waals surface area contributed by atoms with E-state index in [-0.39, 0.29) is 6.10 Å². The normalized spacial score (nSPS) is 23.6. The zero-order valence-corrected chi connectivity index (χ0v) is 14.9. The summed E-state index contributed by atoms with van der Waals surface area (Å²) in [5.41, 5.74) is -1.28. The summed E-state index contributed by atoms with van der Waals surface area (Å²) < 4.78 is 21.9. The van der Waals surface area contributed by atoms with Crippen LogP contribution in [-0.4, -0.2) is 43.6 Å². The van der Waals surface area contributed by atoms with Crippen LogP contribution in [0, 0.1) is 0 Å².